The Labute approximate surface area is 224 Å². The van der Waals surface area contributed by atoms with E-state index >= 15 is 0 Å². The number of amides is 1. The topological polar surface area (TPSA) is 76.1 Å². The molecule has 0 saturated carbocycles. The lowest BCUT2D eigenvalue weighted by Gasteiger charge is -2.26. The molecular weight excluding hydrogens is 478 g/mol. The van der Waals surface area contributed by atoms with E-state index in [-0.39, 0.29) is 11.3 Å². The van der Waals surface area contributed by atoms with Gasteiger partial charge in [0.2, 0.25) is 0 Å². The summed E-state index contributed by atoms with van der Waals surface area (Å²) in [4.78, 5) is 28.4. The first-order valence-electron chi connectivity index (χ1n) is 13.3. The summed E-state index contributed by atoms with van der Waals surface area (Å²) in [5, 5.41) is 11.5. The van der Waals surface area contributed by atoms with Crippen molar-refractivity contribution in [1.82, 2.24) is 0 Å². The lowest BCUT2D eigenvalue weighted by molar-refractivity contribution is -0.132. The van der Waals surface area contributed by atoms with Crippen molar-refractivity contribution in [2.24, 2.45) is 0 Å². The molecule has 1 heterocycles. The molecule has 1 atom stereocenters. The second kappa shape index (κ2) is 12.0. The van der Waals surface area contributed by atoms with Crippen LogP contribution in [0.3, 0.4) is 0 Å². The van der Waals surface area contributed by atoms with Crippen LogP contribution in [0.2, 0.25) is 0 Å². The van der Waals surface area contributed by atoms with E-state index in [1.165, 1.54) is 4.90 Å². The van der Waals surface area contributed by atoms with Crippen LogP contribution in [0, 0.1) is 6.92 Å². The predicted molar refractivity (Wildman–Crippen MR) is 150 cm³/mol. The van der Waals surface area contributed by atoms with E-state index in [0.29, 0.717) is 30.2 Å². The first-order chi connectivity index (χ1) is 18.4. The number of nitrogens with zero attached hydrogens (tertiary/aromatic N) is 1. The van der Waals surface area contributed by atoms with Crippen LogP contribution < -0.4 is 14.4 Å². The Hall–Kier alpha value is -4.06. The van der Waals surface area contributed by atoms with Crippen molar-refractivity contribution in [2.45, 2.75) is 53.0 Å². The van der Waals surface area contributed by atoms with E-state index in [0.717, 1.165) is 41.7 Å². The molecule has 3 aromatic carbocycles. The molecule has 0 aromatic heterocycles. The molecule has 1 aliphatic heterocycles. The zero-order valence-corrected chi connectivity index (χ0v) is 22.5. The smallest absolute Gasteiger partial charge is 0.300 e. The average molecular weight is 514 g/mol. The van der Waals surface area contributed by atoms with Crippen LogP contribution in [0.4, 0.5) is 5.69 Å². The molecule has 0 aliphatic carbocycles. The number of aliphatic hydroxyl groups excluding tert-OH is 1. The summed E-state index contributed by atoms with van der Waals surface area (Å²) in [5.41, 5.74) is 3.76. The summed E-state index contributed by atoms with van der Waals surface area (Å²) >= 11 is 0. The van der Waals surface area contributed by atoms with E-state index in [4.69, 9.17) is 9.47 Å². The van der Waals surface area contributed by atoms with Gasteiger partial charge in [0.1, 0.15) is 17.3 Å². The maximum Gasteiger partial charge on any atom is 0.300 e. The van der Waals surface area contributed by atoms with Gasteiger partial charge in [0, 0.05) is 17.3 Å². The molecule has 198 valence electrons. The molecule has 1 unspecified atom stereocenters. The minimum absolute atomic E-state index is 0.0563. The number of aliphatic hydroxyl groups is 1. The summed E-state index contributed by atoms with van der Waals surface area (Å²) < 4.78 is 11.6. The number of carbonyl (C=O) groups excluding carboxylic acids is 2. The molecule has 3 aromatic rings. The second-order valence-corrected chi connectivity index (χ2v) is 9.44. The van der Waals surface area contributed by atoms with Crippen LogP contribution in [0.25, 0.3) is 5.76 Å². The minimum atomic E-state index is -0.793. The zero-order valence-electron chi connectivity index (χ0n) is 22.5. The summed E-state index contributed by atoms with van der Waals surface area (Å²) in [5.74, 6) is -0.290. The summed E-state index contributed by atoms with van der Waals surface area (Å²) in [6.07, 6.45) is 2.59. The van der Waals surface area contributed by atoms with Gasteiger partial charge < -0.3 is 14.6 Å². The molecule has 4 rings (SSSR count). The zero-order chi connectivity index (χ0) is 27.2. The normalized spacial score (nSPS) is 16.6. The number of carbonyl (C=O) groups is 2. The van der Waals surface area contributed by atoms with E-state index < -0.39 is 17.7 Å². The van der Waals surface area contributed by atoms with Gasteiger partial charge in [0.15, 0.2) is 0 Å². The molecular formula is C32H35NO5. The Morgan fingerprint density at radius 2 is 1.61 bits per heavy atom. The monoisotopic (exact) mass is 513 g/mol. The van der Waals surface area contributed by atoms with Crippen molar-refractivity contribution in [2.75, 3.05) is 18.1 Å². The van der Waals surface area contributed by atoms with Crippen molar-refractivity contribution >= 4 is 23.1 Å². The highest BCUT2D eigenvalue weighted by Gasteiger charge is 2.47. The number of ether oxygens (including phenoxy) is 2. The first kappa shape index (κ1) is 27.0. The highest BCUT2D eigenvalue weighted by Crippen LogP contribution is 2.43. The number of hydrogen-bond acceptors (Lipinski definition) is 5. The van der Waals surface area contributed by atoms with Gasteiger partial charge >= 0.3 is 0 Å². The standard InChI is InChI=1S/C32H35NO5/c1-5-17-37-26-10-8-9-25(20-26)33-29(23-13-11-22(7-3)12-14-23)28(31(35)32(33)36)30(34)24-15-16-27(21(4)19-24)38-18-6-2/h8-16,19-20,29,34H,5-7,17-18H2,1-4H3/b30-28+. The number of hydrogen-bond donors (Lipinski definition) is 1. The molecule has 0 radical (unpaired) electrons. The largest absolute Gasteiger partial charge is 0.507 e. The van der Waals surface area contributed by atoms with Crippen molar-refractivity contribution in [1.29, 1.82) is 0 Å². The Bertz CT molecular complexity index is 1340. The summed E-state index contributed by atoms with van der Waals surface area (Å²) in [6.45, 7) is 9.15. The molecule has 6 nitrogen and oxygen atoms in total. The minimum Gasteiger partial charge on any atom is -0.507 e. The molecule has 0 spiro atoms. The van der Waals surface area contributed by atoms with E-state index in [2.05, 4.69) is 6.92 Å². The van der Waals surface area contributed by atoms with Gasteiger partial charge in [0.25, 0.3) is 11.7 Å². The predicted octanol–water partition coefficient (Wildman–Crippen LogP) is 6.76. The fourth-order valence-corrected chi connectivity index (χ4v) is 4.62. The van der Waals surface area contributed by atoms with Gasteiger partial charge in [-0.3, -0.25) is 14.5 Å². The van der Waals surface area contributed by atoms with Gasteiger partial charge in [-0.1, -0.05) is 51.1 Å². The van der Waals surface area contributed by atoms with Crippen LogP contribution >= 0.6 is 0 Å². The van der Waals surface area contributed by atoms with Crippen molar-refractivity contribution in [3.8, 4) is 11.5 Å². The third-order valence-electron chi connectivity index (χ3n) is 6.63. The number of anilines is 1. The number of aryl methyl sites for hydroxylation is 2. The van der Waals surface area contributed by atoms with Gasteiger partial charge in [-0.25, -0.2) is 0 Å². The van der Waals surface area contributed by atoms with Gasteiger partial charge in [-0.15, -0.1) is 0 Å². The van der Waals surface area contributed by atoms with Crippen molar-refractivity contribution in [3.05, 3.63) is 94.6 Å². The van der Waals surface area contributed by atoms with Crippen LogP contribution in [-0.2, 0) is 16.0 Å². The first-order valence-corrected chi connectivity index (χ1v) is 13.3. The molecule has 1 saturated heterocycles. The van der Waals surface area contributed by atoms with Crippen LogP contribution in [0.15, 0.2) is 72.3 Å². The van der Waals surface area contributed by atoms with Crippen LogP contribution in [-0.4, -0.2) is 30.0 Å². The third kappa shape index (κ3) is 5.44. The Morgan fingerprint density at radius 1 is 0.895 bits per heavy atom. The lowest BCUT2D eigenvalue weighted by Crippen LogP contribution is -2.29. The molecule has 1 N–H and O–H groups in total. The SMILES string of the molecule is CCCOc1cccc(N2C(=O)C(=O)/C(=C(/O)c3ccc(OCCC)c(C)c3)C2c2ccc(CC)cc2)c1. The molecule has 0 bridgehead atoms. The Balaban J connectivity index is 1.85. The van der Waals surface area contributed by atoms with Crippen LogP contribution in [0.1, 0.15) is 61.9 Å². The van der Waals surface area contributed by atoms with Gasteiger partial charge in [-0.05, 0) is 73.2 Å². The fraction of sp³-hybridized carbons (Fsp3) is 0.312. The molecule has 1 aliphatic rings. The Kier molecular flexibility index (Phi) is 8.52. The molecule has 38 heavy (non-hydrogen) atoms. The van der Waals surface area contributed by atoms with E-state index in [1.807, 2.05) is 51.1 Å². The number of ketones is 1. The summed E-state index contributed by atoms with van der Waals surface area (Å²) in [6, 6.07) is 19.5. The maximum absolute atomic E-state index is 13.5. The van der Waals surface area contributed by atoms with Crippen molar-refractivity contribution in [3.63, 3.8) is 0 Å². The van der Waals surface area contributed by atoms with Gasteiger partial charge in [-0.2, -0.15) is 0 Å². The fourth-order valence-electron chi connectivity index (χ4n) is 4.62. The maximum atomic E-state index is 13.5. The highest BCUT2D eigenvalue weighted by atomic mass is 16.5. The second-order valence-electron chi connectivity index (χ2n) is 9.44. The number of rotatable bonds is 10. The van der Waals surface area contributed by atoms with E-state index in [1.54, 1.807) is 36.4 Å². The van der Waals surface area contributed by atoms with Gasteiger partial charge in [0.05, 0.1) is 24.8 Å². The third-order valence-corrected chi connectivity index (χ3v) is 6.63. The highest BCUT2D eigenvalue weighted by molar-refractivity contribution is 6.51. The molecule has 1 fully saturated rings. The molecule has 6 heteroatoms. The Morgan fingerprint density at radius 3 is 2.26 bits per heavy atom. The molecule has 1 amide bonds. The van der Waals surface area contributed by atoms with Crippen molar-refractivity contribution < 1.29 is 24.2 Å². The van der Waals surface area contributed by atoms with E-state index in [9.17, 15) is 14.7 Å². The van der Waals surface area contributed by atoms with Crippen LogP contribution in [0.5, 0.6) is 11.5 Å². The number of Topliss-reactive ketones (excluding diaryl/α,β-unsaturated/α-hetero) is 1. The number of benzene rings is 3. The average Bonchev–Trinajstić information content (AvgIpc) is 3.21. The lowest BCUT2D eigenvalue weighted by atomic mass is 9.94. The summed E-state index contributed by atoms with van der Waals surface area (Å²) in [7, 11) is 0. The quantitative estimate of drug-likeness (QED) is 0.184.